The van der Waals surface area contributed by atoms with Crippen molar-refractivity contribution in [1.29, 1.82) is 0 Å². The molecule has 0 spiro atoms. The van der Waals surface area contributed by atoms with Gasteiger partial charge in [0.1, 0.15) is 31.0 Å². The van der Waals surface area contributed by atoms with E-state index in [1.165, 1.54) is 6.08 Å². The minimum atomic E-state index is -1.65. The first-order valence-electron chi connectivity index (χ1n) is 6.76. The quantitative estimate of drug-likeness (QED) is 0.418. The Labute approximate surface area is 127 Å². The van der Waals surface area contributed by atoms with Gasteiger partial charge in [-0.1, -0.05) is 30.3 Å². The number of carbonyl (C=O) groups excluding carboxylic acids is 1. The molecule has 4 N–H and O–H groups in total. The minimum Gasteiger partial charge on any atom is -0.460 e. The molecule has 1 aromatic carbocycles. The average Bonchev–Trinajstić information content (AvgIpc) is 2.54. The van der Waals surface area contributed by atoms with Gasteiger partial charge in [-0.05, 0) is 11.6 Å². The SMILES string of the molecule is O=C(/C=C/c1ccccc1)OC[C@H]1O[C@@H](O)[C@H](O)[C@@H](O)[C@@H]1O. The molecule has 7 nitrogen and oxygen atoms in total. The van der Waals surface area contributed by atoms with Crippen LogP contribution in [0.4, 0.5) is 0 Å². The molecule has 1 heterocycles. The lowest BCUT2D eigenvalue weighted by molar-refractivity contribution is -0.287. The van der Waals surface area contributed by atoms with E-state index in [4.69, 9.17) is 9.47 Å². The van der Waals surface area contributed by atoms with Crippen LogP contribution in [-0.4, -0.2) is 63.7 Å². The molecule has 1 fully saturated rings. The number of aliphatic hydroxyl groups excluding tert-OH is 4. The maximum Gasteiger partial charge on any atom is 0.330 e. The Morgan fingerprint density at radius 3 is 2.45 bits per heavy atom. The zero-order valence-corrected chi connectivity index (χ0v) is 11.6. The molecule has 2 rings (SSSR count). The molecule has 0 aliphatic carbocycles. The van der Waals surface area contributed by atoms with Crippen molar-refractivity contribution in [3.63, 3.8) is 0 Å². The number of hydrogen-bond donors (Lipinski definition) is 4. The van der Waals surface area contributed by atoms with Crippen LogP contribution in [0.1, 0.15) is 5.56 Å². The second-order valence-corrected chi connectivity index (χ2v) is 4.91. The summed E-state index contributed by atoms with van der Waals surface area (Å²) in [7, 11) is 0. The topological polar surface area (TPSA) is 116 Å². The first-order chi connectivity index (χ1) is 10.5. The summed E-state index contributed by atoms with van der Waals surface area (Å²) in [6.07, 6.45) is -4.65. The highest BCUT2D eigenvalue weighted by Gasteiger charge is 2.43. The third kappa shape index (κ3) is 4.12. The van der Waals surface area contributed by atoms with E-state index in [-0.39, 0.29) is 6.61 Å². The van der Waals surface area contributed by atoms with Gasteiger partial charge >= 0.3 is 5.97 Å². The van der Waals surface area contributed by atoms with Crippen LogP contribution in [0.3, 0.4) is 0 Å². The molecular weight excluding hydrogens is 292 g/mol. The van der Waals surface area contributed by atoms with Gasteiger partial charge in [0, 0.05) is 6.08 Å². The third-order valence-corrected chi connectivity index (χ3v) is 3.29. The lowest BCUT2D eigenvalue weighted by atomic mass is 9.99. The molecule has 0 aromatic heterocycles. The van der Waals surface area contributed by atoms with Crippen LogP contribution < -0.4 is 0 Å². The van der Waals surface area contributed by atoms with E-state index in [1.807, 2.05) is 30.3 Å². The normalized spacial score (nSPS) is 32.1. The summed E-state index contributed by atoms with van der Waals surface area (Å²) < 4.78 is 9.78. The molecule has 1 aromatic rings. The van der Waals surface area contributed by atoms with E-state index in [1.54, 1.807) is 6.08 Å². The Bertz CT molecular complexity index is 516. The molecular formula is C15H18O7. The van der Waals surface area contributed by atoms with Crippen molar-refractivity contribution in [2.45, 2.75) is 30.7 Å². The highest BCUT2D eigenvalue weighted by molar-refractivity contribution is 5.87. The smallest absolute Gasteiger partial charge is 0.330 e. The molecule has 22 heavy (non-hydrogen) atoms. The predicted molar refractivity (Wildman–Crippen MR) is 75.3 cm³/mol. The summed E-state index contributed by atoms with van der Waals surface area (Å²) in [5.41, 5.74) is 0.822. The third-order valence-electron chi connectivity index (χ3n) is 3.29. The van der Waals surface area contributed by atoms with Crippen molar-refractivity contribution in [3.8, 4) is 0 Å². The number of carbonyl (C=O) groups is 1. The highest BCUT2D eigenvalue weighted by atomic mass is 16.6. The molecule has 0 saturated carbocycles. The maximum atomic E-state index is 11.6. The zero-order valence-electron chi connectivity index (χ0n) is 11.6. The van der Waals surface area contributed by atoms with Crippen LogP contribution in [0, 0.1) is 0 Å². The van der Waals surface area contributed by atoms with Crippen molar-refractivity contribution < 1.29 is 34.7 Å². The number of esters is 1. The van der Waals surface area contributed by atoms with E-state index in [0.29, 0.717) is 0 Å². The number of hydrogen-bond acceptors (Lipinski definition) is 7. The van der Waals surface area contributed by atoms with Crippen molar-refractivity contribution in [2.24, 2.45) is 0 Å². The van der Waals surface area contributed by atoms with Gasteiger partial charge in [-0.3, -0.25) is 0 Å². The molecule has 1 saturated heterocycles. The van der Waals surface area contributed by atoms with Crippen molar-refractivity contribution in [1.82, 2.24) is 0 Å². The standard InChI is InChI=1S/C15H18O7/c16-11(7-6-9-4-2-1-3-5-9)21-8-10-12(17)13(18)14(19)15(20)22-10/h1-7,10,12-15,17-20H,8H2/b7-6+/t10-,12-,13+,14-,15-/m1/s1. The molecule has 1 aliphatic heterocycles. The summed E-state index contributed by atoms with van der Waals surface area (Å²) in [5.74, 6) is -0.658. The van der Waals surface area contributed by atoms with Crippen molar-refractivity contribution in [2.75, 3.05) is 6.61 Å². The fourth-order valence-electron chi connectivity index (χ4n) is 2.01. The molecule has 120 valence electrons. The van der Waals surface area contributed by atoms with Crippen LogP contribution in [0.25, 0.3) is 6.08 Å². The summed E-state index contributed by atoms with van der Waals surface area (Å²) in [6, 6.07) is 9.12. The highest BCUT2D eigenvalue weighted by Crippen LogP contribution is 2.20. The Kier molecular flexibility index (Phi) is 5.64. The van der Waals surface area contributed by atoms with Gasteiger partial charge in [-0.2, -0.15) is 0 Å². The van der Waals surface area contributed by atoms with E-state index < -0.39 is 36.7 Å². The zero-order chi connectivity index (χ0) is 16.1. The van der Waals surface area contributed by atoms with Crippen molar-refractivity contribution in [3.05, 3.63) is 42.0 Å². The van der Waals surface area contributed by atoms with Crippen molar-refractivity contribution >= 4 is 12.0 Å². The van der Waals surface area contributed by atoms with Crippen LogP contribution in [0.15, 0.2) is 36.4 Å². The van der Waals surface area contributed by atoms with E-state index in [2.05, 4.69) is 0 Å². The molecule has 0 radical (unpaired) electrons. The summed E-state index contributed by atoms with van der Waals surface area (Å²) in [5, 5.41) is 37.9. The number of aliphatic hydroxyl groups is 4. The van der Waals surface area contributed by atoms with Crippen LogP contribution in [-0.2, 0) is 14.3 Å². The average molecular weight is 310 g/mol. The minimum absolute atomic E-state index is 0.361. The van der Waals surface area contributed by atoms with E-state index >= 15 is 0 Å². The first kappa shape index (κ1) is 16.6. The Morgan fingerprint density at radius 2 is 1.77 bits per heavy atom. The molecule has 0 unspecified atom stereocenters. The van der Waals surface area contributed by atoms with Gasteiger partial charge in [0.05, 0.1) is 0 Å². The second kappa shape index (κ2) is 7.48. The number of benzene rings is 1. The maximum absolute atomic E-state index is 11.6. The van der Waals surface area contributed by atoms with Crippen LogP contribution >= 0.6 is 0 Å². The van der Waals surface area contributed by atoms with Gasteiger partial charge in [0.25, 0.3) is 0 Å². The first-order valence-corrected chi connectivity index (χ1v) is 6.76. The number of ether oxygens (including phenoxy) is 2. The Balaban J connectivity index is 1.84. The van der Waals surface area contributed by atoms with Crippen LogP contribution in [0.5, 0.6) is 0 Å². The van der Waals surface area contributed by atoms with Gasteiger partial charge in [-0.25, -0.2) is 4.79 Å². The largest absolute Gasteiger partial charge is 0.460 e. The fraction of sp³-hybridized carbons (Fsp3) is 0.400. The van der Waals surface area contributed by atoms with E-state index in [0.717, 1.165) is 5.56 Å². The van der Waals surface area contributed by atoms with Gasteiger partial charge in [0.2, 0.25) is 0 Å². The Morgan fingerprint density at radius 1 is 1.09 bits per heavy atom. The van der Waals surface area contributed by atoms with Gasteiger partial charge in [0.15, 0.2) is 6.29 Å². The van der Waals surface area contributed by atoms with E-state index in [9.17, 15) is 25.2 Å². The summed E-state index contributed by atoms with van der Waals surface area (Å²) in [4.78, 5) is 11.6. The Hall–Kier alpha value is -1.77. The molecule has 1 aliphatic rings. The lowest BCUT2D eigenvalue weighted by Crippen LogP contribution is -2.58. The molecule has 7 heteroatoms. The molecule has 0 amide bonds. The van der Waals surface area contributed by atoms with Gasteiger partial charge < -0.3 is 29.9 Å². The fourth-order valence-corrected chi connectivity index (χ4v) is 2.01. The molecule has 5 atom stereocenters. The summed E-state index contributed by atoms with van der Waals surface area (Å²) in [6.45, 7) is -0.361. The lowest BCUT2D eigenvalue weighted by Gasteiger charge is -2.37. The molecule has 0 bridgehead atoms. The predicted octanol–water partition coefficient (Wildman–Crippen LogP) is -0.957. The van der Waals surface area contributed by atoms with Crippen LogP contribution in [0.2, 0.25) is 0 Å². The summed E-state index contributed by atoms with van der Waals surface area (Å²) >= 11 is 0. The second-order valence-electron chi connectivity index (χ2n) is 4.91. The number of rotatable bonds is 4. The monoisotopic (exact) mass is 310 g/mol. The van der Waals surface area contributed by atoms with Gasteiger partial charge in [-0.15, -0.1) is 0 Å².